The number of pyridine rings is 1. The number of halogens is 1. The monoisotopic (exact) mass is 737 g/mol. The number of anilines is 2. The molecule has 11 nitrogen and oxygen atoms in total. The van der Waals surface area contributed by atoms with Crippen molar-refractivity contribution in [2.45, 2.75) is 57.8 Å². The smallest absolute Gasteiger partial charge is 0.253 e. The molecule has 0 saturated heterocycles. The second-order valence-electron chi connectivity index (χ2n) is 12.2. The summed E-state index contributed by atoms with van der Waals surface area (Å²) in [6.07, 6.45) is 3.66. The molecule has 4 rings (SSSR count). The van der Waals surface area contributed by atoms with Gasteiger partial charge in [0.1, 0.15) is 11.5 Å². The summed E-state index contributed by atoms with van der Waals surface area (Å²) in [5, 5.41) is 7.55. The maximum absolute atomic E-state index is 13.9. The minimum Gasteiger partial charge on any atom is -0.497 e. The quantitative estimate of drug-likeness (QED) is 0.102. The molecule has 1 heterocycles. The van der Waals surface area contributed by atoms with Gasteiger partial charge in [0.15, 0.2) is 0 Å². The number of aryl methyl sites for hydroxylation is 1. The van der Waals surface area contributed by atoms with E-state index in [1.807, 2.05) is 30.0 Å². The normalized spacial score (nSPS) is 11.4. The number of carbonyl (C=O) groups excluding carboxylic acids is 2. The fourth-order valence-corrected chi connectivity index (χ4v) is 7.22. The number of amides is 2. The summed E-state index contributed by atoms with van der Waals surface area (Å²) in [5.41, 5.74) is 3.19. The van der Waals surface area contributed by atoms with Crippen LogP contribution in [0.25, 0.3) is 10.9 Å². The van der Waals surface area contributed by atoms with E-state index in [4.69, 9.17) is 21.1 Å². The average Bonchev–Trinajstić information content (AvgIpc) is 3.13. The number of ether oxygens (including phenoxy) is 2. The van der Waals surface area contributed by atoms with Gasteiger partial charge < -0.3 is 25.0 Å². The molecule has 0 unspecified atom stereocenters. The highest BCUT2D eigenvalue weighted by Gasteiger charge is 2.26. The van der Waals surface area contributed by atoms with E-state index in [-0.39, 0.29) is 36.9 Å². The lowest BCUT2D eigenvalue weighted by Crippen LogP contribution is -2.37. The zero-order valence-electron chi connectivity index (χ0n) is 30.0. The van der Waals surface area contributed by atoms with Crippen molar-refractivity contribution < 1.29 is 27.5 Å². The van der Waals surface area contributed by atoms with Crippen LogP contribution in [-0.2, 0) is 14.8 Å². The highest BCUT2D eigenvalue weighted by molar-refractivity contribution is 7.89. The minimum absolute atomic E-state index is 0.0672. The van der Waals surface area contributed by atoms with Gasteiger partial charge in [0.05, 0.1) is 30.3 Å². The van der Waals surface area contributed by atoms with E-state index in [0.717, 1.165) is 48.0 Å². The minimum atomic E-state index is -4.00. The van der Waals surface area contributed by atoms with Crippen LogP contribution in [0, 0.1) is 6.92 Å². The van der Waals surface area contributed by atoms with Gasteiger partial charge in [-0.25, -0.2) is 8.42 Å². The highest BCUT2D eigenvalue weighted by atomic mass is 35.5. The summed E-state index contributed by atoms with van der Waals surface area (Å²) >= 11 is 6.26. The van der Waals surface area contributed by atoms with Gasteiger partial charge >= 0.3 is 0 Å². The van der Waals surface area contributed by atoms with E-state index in [1.165, 1.54) is 30.7 Å². The number of aromatic nitrogens is 1. The zero-order valence-corrected chi connectivity index (χ0v) is 31.6. The molecule has 274 valence electrons. The number of rotatable bonds is 19. The third-order valence-corrected chi connectivity index (χ3v) is 10.6. The van der Waals surface area contributed by atoms with E-state index in [2.05, 4.69) is 29.5 Å². The van der Waals surface area contributed by atoms with Crippen LogP contribution in [0.4, 0.5) is 11.4 Å². The summed E-state index contributed by atoms with van der Waals surface area (Å²) in [6.45, 7) is 7.64. The number of benzene rings is 3. The Kier molecular flexibility index (Phi) is 14.5. The average molecular weight is 738 g/mol. The van der Waals surface area contributed by atoms with Crippen LogP contribution >= 0.6 is 11.6 Å². The molecular weight excluding hydrogens is 690 g/mol. The van der Waals surface area contributed by atoms with Crippen LogP contribution < -0.4 is 20.1 Å². The second kappa shape index (κ2) is 18.7. The van der Waals surface area contributed by atoms with Gasteiger partial charge in [0.2, 0.25) is 15.9 Å². The van der Waals surface area contributed by atoms with Crippen molar-refractivity contribution in [3.8, 4) is 11.5 Å². The third-order valence-electron chi connectivity index (χ3n) is 8.43. The first kappa shape index (κ1) is 39.4. The molecular formula is C38H48ClN5O6S. The topological polar surface area (TPSA) is 130 Å². The molecule has 0 bridgehead atoms. The Balaban J connectivity index is 1.50. The highest BCUT2D eigenvalue weighted by Crippen LogP contribution is 2.28. The van der Waals surface area contributed by atoms with Crippen LogP contribution in [0.2, 0.25) is 5.02 Å². The molecule has 51 heavy (non-hydrogen) atoms. The van der Waals surface area contributed by atoms with Crippen LogP contribution in [0.5, 0.6) is 11.5 Å². The number of hydrogen-bond acceptors (Lipinski definition) is 8. The van der Waals surface area contributed by atoms with Gasteiger partial charge in [-0.15, -0.1) is 0 Å². The summed E-state index contributed by atoms with van der Waals surface area (Å²) in [5.74, 6) is 0.371. The van der Waals surface area contributed by atoms with Crippen LogP contribution in [-0.4, -0.2) is 81.4 Å². The summed E-state index contributed by atoms with van der Waals surface area (Å²) in [6, 6.07) is 18.4. The molecule has 4 aromatic rings. The first-order valence-electron chi connectivity index (χ1n) is 17.2. The summed E-state index contributed by atoms with van der Waals surface area (Å²) < 4.78 is 39.8. The van der Waals surface area contributed by atoms with Crippen molar-refractivity contribution in [2.75, 3.05) is 57.6 Å². The maximum atomic E-state index is 13.9. The van der Waals surface area contributed by atoms with E-state index < -0.39 is 15.9 Å². The van der Waals surface area contributed by atoms with Crippen LogP contribution in [0.3, 0.4) is 0 Å². The molecule has 0 saturated carbocycles. The first-order chi connectivity index (χ1) is 24.5. The van der Waals surface area contributed by atoms with Crippen molar-refractivity contribution in [2.24, 2.45) is 0 Å². The Morgan fingerprint density at radius 3 is 2.20 bits per heavy atom. The number of nitrogens with one attached hydrogen (secondary N) is 2. The van der Waals surface area contributed by atoms with Crippen molar-refractivity contribution in [3.05, 3.63) is 83.0 Å². The third kappa shape index (κ3) is 10.6. The zero-order chi connectivity index (χ0) is 37.0. The van der Waals surface area contributed by atoms with Gasteiger partial charge in [-0.3, -0.25) is 14.6 Å². The van der Waals surface area contributed by atoms with Gasteiger partial charge in [0.25, 0.3) is 5.91 Å². The fourth-order valence-electron chi connectivity index (χ4n) is 5.60. The molecule has 0 spiro atoms. The molecule has 2 N–H and O–H groups in total. The lowest BCUT2D eigenvalue weighted by molar-refractivity contribution is -0.116. The number of sulfonamides is 1. The summed E-state index contributed by atoms with van der Waals surface area (Å²) in [7, 11) is -1.02. The summed E-state index contributed by atoms with van der Waals surface area (Å²) in [4.78, 5) is 33.2. The predicted molar refractivity (Wildman–Crippen MR) is 204 cm³/mol. The molecule has 2 amide bonds. The fraction of sp³-hybridized carbons (Fsp3) is 0.395. The predicted octanol–water partition coefficient (Wildman–Crippen LogP) is 7.39. The molecule has 0 radical (unpaired) electrons. The Morgan fingerprint density at radius 1 is 0.843 bits per heavy atom. The molecule has 0 aliphatic carbocycles. The van der Waals surface area contributed by atoms with Crippen molar-refractivity contribution >= 4 is 55.7 Å². The van der Waals surface area contributed by atoms with Crippen LogP contribution in [0.15, 0.2) is 71.6 Å². The van der Waals surface area contributed by atoms with Crippen LogP contribution in [0.1, 0.15) is 62.0 Å². The Hall–Kier alpha value is -4.39. The number of hydrogen-bond donors (Lipinski definition) is 2. The Bertz CT molecular complexity index is 1900. The first-order valence-corrected chi connectivity index (χ1v) is 19.0. The number of fused-ring (bicyclic) bond motifs is 1. The number of carbonyl (C=O) groups is 2. The van der Waals surface area contributed by atoms with Crippen molar-refractivity contribution in [3.63, 3.8) is 0 Å². The lowest BCUT2D eigenvalue weighted by Gasteiger charge is -2.23. The molecule has 0 aliphatic heterocycles. The molecule has 0 atom stereocenters. The Morgan fingerprint density at radius 2 is 1.55 bits per heavy atom. The molecule has 3 aromatic carbocycles. The Labute approximate surface area is 306 Å². The van der Waals surface area contributed by atoms with Gasteiger partial charge in [-0.05, 0) is 86.5 Å². The second-order valence-corrected chi connectivity index (χ2v) is 14.6. The van der Waals surface area contributed by atoms with Crippen molar-refractivity contribution in [1.82, 2.24) is 14.2 Å². The van der Waals surface area contributed by atoms with Gasteiger partial charge in [-0.2, -0.15) is 4.31 Å². The lowest BCUT2D eigenvalue weighted by atomic mass is 10.1. The van der Waals surface area contributed by atoms with E-state index >= 15 is 0 Å². The number of unbranched alkanes of at least 4 members (excludes halogenated alkanes) is 2. The molecule has 0 aliphatic rings. The number of nitrogens with zero attached hydrogens (tertiary/aromatic N) is 3. The van der Waals surface area contributed by atoms with E-state index in [9.17, 15) is 18.0 Å². The van der Waals surface area contributed by atoms with E-state index in [0.29, 0.717) is 40.9 Å². The molecule has 0 fully saturated rings. The largest absolute Gasteiger partial charge is 0.497 e. The van der Waals surface area contributed by atoms with E-state index in [1.54, 1.807) is 36.4 Å². The van der Waals surface area contributed by atoms with Gasteiger partial charge in [0, 0.05) is 66.5 Å². The maximum Gasteiger partial charge on any atom is 0.253 e. The van der Waals surface area contributed by atoms with Gasteiger partial charge in [-0.1, -0.05) is 38.3 Å². The molecule has 13 heteroatoms. The SMILES string of the molecule is CCCCN(CCCC)C(=O)c1ccc(NC(=O)CCN(CCNc2cc(C)nc3ccc(Cl)cc23)S(=O)(=O)c2ccc(OC)cc2)c(OC)c1. The standard InChI is InChI=1S/C38H48ClN5O6S/c1-6-8-20-43(21-9-7-2)38(46)28-10-16-34(36(25-28)50-5)42-37(45)18-22-44(51(47,48)31-14-12-30(49-4)13-15-31)23-19-40-35-24-27(3)41-33-17-11-29(39)26-32(33)35/h10-17,24-26H,6-9,18-23H2,1-5H3,(H,40,41)(H,42,45). The number of methoxy groups -OCH3 is 2. The van der Waals surface area contributed by atoms with Crippen molar-refractivity contribution in [1.29, 1.82) is 0 Å². The molecule has 1 aromatic heterocycles.